The summed E-state index contributed by atoms with van der Waals surface area (Å²) < 4.78 is 11.9. The van der Waals surface area contributed by atoms with E-state index < -0.39 is 18.3 Å². The van der Waals surface area contributed by atoms with Gasteiger partial charge in [0.2, 0.25) is 0 Å². The van der Waals surface area contributed by atoms with E-state index in [0.717, 1.165) is 0 Å². The Hall–Kier alpha value is -1.73. The monoisotopic (exact) mass is 290 g/mol. The largest absolute Gasteiger partial charge is 0.495 e. The van der Waals surface area contributed by atoms with E-state index in [1.54, 1.807) is 0 Å². The fourth-order valence-corrected chi connectivity index (χ4v) is 2.04. The summed E-state index contributed by atoms with van der Waals surface area (Å²) in [6, 6.07) is 1.53. The summed E-state index contributed by atoms with van der Waals surface area (Å²) in [6.07, 6.45) is 1.99. The van der Waals surface area contributed by atoms with Crippen molar-refractivity contribution < 1.29 is 18.9 Å². The first-order valence-corrected chi connectivity index (χ1v) is 6.74. The van der Waals surface area contributed by atoms with E-state index in [-0.39, 0.29) is 11.6 Å². The molecule has 0 unspecified atom stereocenters. The van der Waals surface area contributed by atoms with E-state index >= 15 is 0 Å². The van der Waals surface area contributed by atoms with E-state index in [2.05, 4.69) is 10.3 Å². The van der Waals surface area contributed by atoms with Crippen LogP contribution in [0.1, 0.15) is 48.5 Å². The van der Waals surface area contributed by atoms with Gasteiger partial charge in [-0.15, -0.1) is 0 Å². The van der Waals surface area contributed by atoms with Gasteiger partial charge in [0.15, 0.2) is 6.29 Å². The molecule has 2 rings (SSSR count). The number of hydrogen-bond acceptors (Lipinski definition) is 5. The second-order valence-corrected chi connectivity index (χ2v) is 5.98. The highest BCUT2D eigenvalue weighted by Gasteiger charge is 2.52. The lowest BCUT2D eigenvalue weighted by atomic mass is 9.76. The average molecular weight is 290 g/mol. The van der Waals surface area contributed by atoms with Gasteiger partial charge in [-0.2, -0.15) is 0 Å². The van der Waals surface area contributed by atoms with E-state index in [1.165, 1.54) is 19.3 Å². The number of pyridine rings is 1. The summed E-state index contributed by atoms with van der Waals surface area (Å²) in [6.45, 7) is 7.70. The quantitative estimate of drug-likeness (QED) is 0.650. The Morgan fingerprint density at radius 3 is 2.33 bits per heavy atom. The maximum atomic E-state index is 12.0. The lowest BCUT2D eigenvalue weighted by molar-refractivity contribution is 0.00578. The summed E-state index contributed by atoms with van der Waals surface area (Å²) >= 11 is 0. The second-order valence-electron chi connectivity index (χ2n) is 5.98. The van der Waals surface area contributed by atoms with E-state index in [4.69, 9.17) is 9.31 Å². The summed E-state index contributed by atoms with van der Waals surface area (Å²) in [7, 11) is 0.813. The van der Waals surface area contributed by atoms with Crippen LogP contribution in [0, 0.1) is 0 Å². The van der Waals surface area contributed by atoms with Gasteiger partial charge in [0.05, 0.1) is 16.8 Å². The first-order chi connectivity index (χ1) is 9.71. The van der Waals surface area contributed by atoms with Crippen LogP contribution >= 0.6 is 0 Å². The van der Waals surface area contributed by atoms with Gasteiger partial charge >= 0.3 is 7.12 Å². The average Bonchev–Trinajstić information content (AvgIpc) is 2.66. The molecule has 1 saturated heterocycles. The van der Waals surface area contributed by atoms with Crippen LogP contribution in [0.25, 0.3) is 0 Å². The summed E-state index contributed by atoms with van der Waals surface area (Å²) in [4.78, 5) is 26.8. The summed E-state index contributed by atoms with van der Waals surface area (Å²) in [5.74, 6) is -0.301. The van der Waals surface area contributed by atoms with Crippen molar-refractivity contribution in [3.63, 3.8) is 0 Å². The number of aldehydes is 1. The molecule has 7 heteroatoms. The van der Waals surface area contributed by atoms with Gasteiger partial charge in [-0.3, -0.25) is 14.6 Å². The molecule has 0 saturated carbocycles. The molecular formula is C14H19BN2O4. The van der Waals surface area contributed by atoms with Crippen LogP contribution in [-0.2, 0) is 9.31 Å². The highest BCUT2D eigenvalue weighted by atomic mass is 16.7. The van der Waals surface area contributed by atoms with Gasteiger partial charge < -0.3 is 14.6 Å². The Morgan fingerprint density at radius 1 is 1.29 bits per heavy atom. The molecule has 1 aromatic rings. The highest BCUT2D eigenvalue weighted by Crippen LogP contribution is 2.36. The SMILES string of the molecule is CNC(=O)c1cnc(C=O)cc1B1OC(C)(C)C(C)(C)O1. The third kappa shape index (κ3) is 2.71. The molecule has 0 atom stereocenters. The Morgan fingerprint density at radius 2 is 1.86 bits per heavy atom. The number of carbonyl (C=O) groups is 2. The zero-order valence-corrected chi connectivity index (χ0v) is 12.9. The fraction of sp³-hybridized carbons (Fsp3) is 0.500. The number of rotatable bonds is 3. The summed E-state index contributed by atoms with van der Waals surface area (Å²) in [5.41, 5.74) is 0.0175. The first-order valence-electron chi connectivity index (χ1n) is 6.74. The third-order valence-corrected chi connectivity index (χ3v) is 4.06. The van der Waals surface area contributed by atoms with E-state index in [9.17, 15) is 9.59 Å². The van der Waals surface area contributed by atoms with E-state index in [1.807, 2.05) is 27.7 Å². The predicted molar refractivity (Wildman–Crippen MR) is 78.7 cm³/mol. The lowest BCUT2D eigenvalue weighted by Crippen LogP contribution is -2.41. The Bertz CT molecular complexity index is 570. The van der Waals surface area contributed by atoms with Crippen molar-refractivity contribution in [1.82, 2.24) is 10.3 Å². The van der Waals surface area contributed by atoms with Crippen LogP contribution < -0.4 is 10.8 Å². The minimum atomic E-state index is -0.719. The molecule has 1 N–H and O–H groups in total. The summed E-state index contributed by atoms with van der Waals surface area (Å²) in [5, 5.41) is 2.55. The van der Waals surface area contributed by atoms with Gasteiger partial charge in [0.25, 0.3) is 5.91 Å². The molecule has 112 valence electrons. The molecule has 1 aliphatic rings. The van der Waals surface area contributed by atoms with Crippen molar-refractivity contribution in [3.05, 3.63) is 23.5 Å². The van der Waals surface area contributed by atoms with Gasteiger partial charge in [-0.05, 0) is 39.2 Å². The first kappa shape index (κ1) is 15.7. The van der Waals surface area contributed by atoms with Crippen LogP contribution in [0.5, 0.6) is 0 Å². The van der Waals surface area contributed by atoms with Crippen LogP contribution in [0.3, 0.4) is 0 Å². The maximum Gasteiger partial charge on any atom is 0.495 e. The van der Waals surface area contributed by atoms with Crippen LogP contribution in [0.4, 0.5) is 0 Å². The van der Waals surface area contributed by atoms with Crippen molar-refractivity contribution >= 4 is 24.8 Å². The Kier molecular flexibility index (Phi) is 3.90. The zero-order chi connectivity index (χ0) is 15.8. The van der Waals surface area contributed by atoms with Crippen LogP contribution in [-0.4, -0.2) is 42.5 Å². The predicted octanol–water partition coefficient (Wildman–Crippen LogP) is 0.553. The minimum Gasteiger partial charge on any atom is -0.399 e. The molecule has 1 aliphatic heterocycles. The number of nitrogens with zero attached hydrogens (tertiary/aromatic N) is 1. The van der Waals surface area contributed by atoms with Crippen molar-refractivity contribution in [3.8, 4) is 0 Å². The Labute approximate surface area is 124 Å². The molecule has 0 radical (unpaired) electrons. The topological polar surface area (TPSA) is 77.5 Å². The van der Waals surface area contributed by atoms with Crippen molar-refractivity contribution in [2.75, 3.05) is 7.05 Å². The smallest absolute Gasteiger partial charge is 0.399 e. The lowest BCUT2D eigenvalue weighted by Gasteiger charge is -2.32. The van der Waals surface area contributed by atoms with Gasteiger partial charge in [-0.1, -0.05) is 0 Å². The molecular weight excluding hydrogens is 271 g/mol. The van der Waals surface area contributed by atoms with Crippen LogP contribution in [0.2, 0.25) is 0 Å². The molecule has 0 aromatic carbocycles. The number of nitrogens with one attached hydrogen (secondary N) is 1. The molecule has 21 heavy (non-hydrogen) atoms. The number of hydrogen-bond donors (Lipinski definition) is 1. The van der Waals surface area contributed by atoms with Crippen molar-refractivity contribution in [1.29, 1.82) is 0 Å². The Balaban J connectivity index is 2.48. The van der Waals surface area contributed by atoms with Crippen molar-refractivity contribution in [2.24, 2.45) is 0 Å². The fourth-order valence-electron chi connectivity index (χ4n) is 2.04. The highest BCUT2D eigenvalue weighted by molar-refractivity contribution is 6.63. The standard InChI is InChI=1S/C14H19BN2O4/c1-13(2)14(3,4)21-15(20-13)11-6-9(8-18)17-7-10(11)12(19)16-5/h6-8H,1-5H3,(H,16,19). The molecule has 0 aliphatic carbocycles. The second kappa shape index (κ2) is 5.24. The normalized spacial score (nSPS) is 19.4. The minimum absolute atomic E-state index is 0.229. The molecule has 1 amide bonds. The molecule has 6 nitrogen and oxygen atoms in total. The van der Waals surface area contributed by atoms with Gasteiger partial charge in [-0.25, -0.2) is 0 Å². The number of carbonyl (C=O) groups excluding carboxylic acids is 2. The zero-order valence-electron chi connectivity index (χ0n) is 12.9. The molecule has 0 spiro atoms. The molecule has 0 bridgehead atoms. The third-order valence-electron chi connectivity index (χ3n) is 4.06. The van der Waals surface area contributed by atoms with E-state index in [0.29, 0.717) is 17.3 Å². The molecule has 1 fully saturated rings. The van der Waals surface area contributed by atoms with Crippen LogP contribution in [0.15, 0.2) is 12.3 Å². The van der Waals surface area contributed by atoms with Gasteiger partial charge in [0, 0.05) is 13.2 Å². The maximum absolute atomic E-state index is 12.0. The molecule has 2 heterocycles. The number of aromatic nitrogens is 1. The van der Waals surface area contributed by atoms with Crippen molar-refractivity contribution in [2.45, 2.75) is 38.9 Å². The molecule has 1 aromatic heterocycles. The number of amides is 1. The van der Waals surface area contributed by atoms with Gasteiger partial charge in [0.1, 0.15) is 5.69 Å².